The molecular formula is C15H26O. The third-order valence-corrected chi connectivity index (χ3v) is 1.82. The van der Waals surface area contributed by atoms with Gasteiger partial charge < -0.3 is 0 Å². The van der Waals surface area contributed by atoms with Crippen molar-refractivity contribution in [1.29, 1.82) is 0 Å². The molecule has 0 aromatic heterocycles. The maximum atomic E-state index is 10.3. The van der Waals surface area contributed by atoms with Gasteiger partial charge in [-0.15, -0.1) is 6.58 Å². The van der Waals surface area contributed by atoms with E-state index in [1.807, 2.05) is 32.1 Å². The molecule has 0 saturated heterocycles. The Bertz CT molecular complexity index is 224. The first-order valence-electron chi connectivity index (χ1n) is 6.22. The topological polar surface area (TPSA) is 17.1 Å². The molecule has 0 aliphatic heterocycles. The van der Waals surface area contributed by atoms with Gasteiger partial charge in [-0.25, -0.2) is 0 Å². The van der Waals surface area contributed by atoms with Crippen LogP contribution in [0, 0.1) is 5.92 Å². The largest absolute Gasteiger partial charge is 0.298 e. The van der Waals surface area contributed by atoms with Gasteiger partial charge >= 0.3 is 0 Å². The Kier molecular flexibility index (Phi) is 15.0. The summed E-state index contributed by atoms with van der Waals surface area (Å²) in [6, 6.07) is 0. The van der Waals surface area contributed by atoms with Crippen LogP contribution in [0.4, 0.5) is 0 Å². The summed E-state index contributed by atoms with van der Waals surface area (Å²) in [4.78, 5) is 10.3. The molecule has 92 valence electrons. The van der Waals surface area contributed by atoms with Gasteiger partial charge in [-0.05, 0) is 18.8 Å². The van der Waals surface area contributed by atoms with Gasteiger partial charge in [0, 0.05) is 5.57 Å². The van der Waals surface area contributed by atoms with Crippen molar-refractivity contribution in [2.45, 2.75) is 47.0 Å². The molecule has 16 heavy (non-hydrogen) atoms. The summed E-state index contributed by atoms with van der Waals surface area (Å²) in [6.45, 7) is 11.9. The summed E-state index contributed by atoms with van der Waals surface area (Å²) < 4.78 is 0. The first-order valence-corrected chi connectivity index (χ1v) is 6.22. The zero-order chi connectivity index (χ0) is 12.8. The van der Waals surface area contributed by atoms with Crippen LogP contribution in [0.5, 0.6) is 0 Å². The van der Waals surface area contributed by atoms with E-state index in [9.17, 15) is 4.79 Å². The molecule has 0 N–H and O–H groups in total. The number of allylic oxidation sites excluding steroid dienone is 5. The van der Waals surface area contributed by atoms with Crippen LogP contribution in [-0.4, -0.2) is 6.29 Å². The summed E-state index contributed by atoms with van der Waals surface area (Å²) >= 11 is 0. The summed E-state index contributed by atoms with van der Waals surface area (Å²) in [5.74, 6) is 0.552. The number of carbonyl (C=O) groups is 1. The fraction of sp³-hybridized carbons (Fsp3) is 0.533. The third kappa shape index (κ3) is 9.45. The van der Waals surface area contributed by atoms with Crippen molar-refractivity contribution < 1.29 is 4.79 Å². The monoisotopic (exact) mass is 222 g/mol. The molecule has 1 heteroatoms. The van der Waals surface area contributed by atoms with E-state index in [0.29, 0.717) is 5.92 Å². The Balaban J connectivity index is 0. The first-order chi connectivity index (χ1) is 7.78. The standard InChI is InChI=1S/C10H12O.C3H8.C2H6/c1-2-3-9-4-6-10(8-11)7-5-9;1-3-2;1-2/h2,4,6-9H,1,3,5H2;3H2,1-2H3;1-2H3. The molecule has 0 heterocycles. The van der Waals surface area contributed by atoms with Crippen LogP contribution in [0.25, 0.3) is 0 Å². The summed E-state index contributed by atoms with van der Waals surface area (Å²) in [6.07, 6.45) is 11.9. The molecule has 1 unspecified atom stereocenters. The van der Waals surface area contributed by atoms with Gasteiger partial charge in [-0.1, -0.05) is 58.4 Å². The molecule has 0 amide bonds. The zero-order valence-corrected chi connectivity index (χ0v) is 11.2. The van der Waals surface area contributed by atoms with Crippen LogP contribution < -0.4 is 0 Å². The van der Waals surface area contributed by atoms with Gasteiger partial charge in [0.1, 0.15) is 6.29 Å². The van der Waals surface area contributed by atoms with Crippen molar-refractivity contribution in [3.05, 3.63) is 36.5 Å². The Morgan fingerprint density at radius 2 is 2.00 bits per heavy atom. The number of hydrogen-bond donors (Lipinski definition) is 0. The van der Waals surface area contributed by atoms with Gasteiger partial charge in [-0.3, -0.25) is 4.79 Å². The molecular weight excluding hydrogens is 196 g/mol. The quantitative estimate of drug-likeness (QED) is 0.499. The Labute approximate surface area is 101 Å². The van der Waals surface area contributed by atoms with E-state index in [1.54, 1.807) is 0 Å². The predicted molar refractivity (Wildman–Crippen MR) is 73.5 cm³/mol. The highest BCUT2D eigenvalue weighted by Crippen LogP contribution is 2.18. The van der Waals surface area contributed by atoms with Crippen LogP contribution in [0.1, 0.15) is 47.0 Å². The third-order valence-electron chi connectivity index (χ3n) is 1.82. The van der Waals surface area contributed by atoms with Gasteiger partial charge in [0.25, 0.3) is 0 Å². The minimum absolute atomic E-state index is 0.552. The minimum Gasteiger partial charge on any atom is -0.298 e. The van der Waals surface area contributed by atoms with E-state index in [0.717, 1.165) is 24.7 Å². The number of hydrogen-bond acceptors (Lipinski definition) is 1. The molecule has 0 spiro atoms. The minimum atomic E-state index is 0.552. The average molecular weight is 222 g/mol. The van der Waals surface area contributed by atoms with Crippen LogP contribution >= 0.6 is 0 Å². The van der Waals surface area contributed by atoms with Crippen LogP contribution in [-0.2, 0) is 4.79 Å². The Hall–Kier alpha value is -1.11. The SMILES string of the molecule is C=CCC1C=CC(C=O)=CC1.CC.CCC. The Morgan fingerprint density at radius 1 is 1.44 bits per heavy atom. The summed E-state index contributed by atoms with van der Waals surface area (Å²) in [5, 5.41) is 0. The zero-order valence-electron chi connectivity index (χ0n) is 11.2. The highest BCUT2D eigenvalue weighted by atomic mass is 16.1. The highest BCUT2D eigenvalue weighted by molar-refractivity contribution is 5.77. The second kappa shape index (κ2) is 13.9. The second-order valence-electron chi connectivity index (χ2n) is 3.41. The number of rotatable bonds is 3. The van der Waals surface area contributed by atoms with Crippen LogP contribution in [0.3, 0.4) is 0 Å². The average Bonchev–Trinajstić information content (AvgIpc) is 2.34. The Morgan fingerprint density at radius 3 is 2.31 bits per heavy atom. The molecule has 1 aliphatic rings. The van der Waals surface area contributed by atoms with Crippen LogP contribution in [0.15, 0.2) is 36.5 Å². The van der Waals surface area contributed by atoms with Crippen molar-refractivity contribution in [3.63, 3.8) is 0 Å². The molecule has 0 aromatic carbocycles. The van der Waals surface area contributed by atoms with Gasteiger partial charge in [0.2, 0.25) is 0 Å². The number of carbonyl (C=O) groups excluding carboxylic acids is 1. The number of aldehydes is 1. The van der Waals surface area contributed by atoms with Gasteiger partial charge in [-0.2, -0.15) is 0 Å². The molecule has 1 atom stereocenters. The smallest absolute Gasteiger partial charge is 0.149 e. The second-order valence-corrected chi connectivity index (χ2v) is 3.41. The van der Waals surface area contributed by atoms with Crippen molar-refractivity contribution in [3.8, 4) is 0 Å². The van der Waals surface area contributed by atoms with Crippen molar-refractivity contribution in [2.75, 3.05) is 0 Å². The predicted octanol–water partition coefficient (Wildman–Crippen LogP) is 4.71. The fourth-order valence-electron chi connectivity index (χ4n) is 1.16. The van der Waals surface area contributed by atoms with E-state index in [-0.39, 0.29) is 0 Å². The molecule has 0 fully saturated rings. The van der Waals surface area contributed by atoms with E-state index in [4.69, 9.17) is 0 Å². The van der Waals surface area contributed by atoms with E-state index in [1.165, 1.54) is 6.42 Å². The molecule has 1 rings (SSSR count). The lowest BCUT2D eigenvalue weighted by atomic mass is 9.94. The first kappa shape index (κ1) is 17.3. The van der Waals surface area contributed by atoms with E-state index in [2.05, 4.69) is 26.5 Å². The van der Waals surface area contributed by atoms with Gasteiger partial charge in [0.05, 0.1) is 0 Å². The summed E-state index contributed by atoms with van der Waals surface area (Å²) in [5.41, 5.74) is 0.797. The molecule has 1 aliphatic carbocycles. The van der Waals surface area contributed by atoms with Crippen molar-refractivity contribution >= 4 is 6.29 Å². The van der Waals surface area contributed by atoms with Crippen LogP contribution in [0.2, 0.25) is 0 Å². The van der Waals surface area contributed by atoms with Crippen molar-refractivity contribution in [1.82, 2.24) is 0 Å². The molecule has 0 bridgehead atoms. The lowest BCUT2D eigenvalue weighted by molar-refractivity contribution is -0.104. The lowest BCUT2D eigenvalue weighted by Gasteiger charge is -2.10. The highest BCUT2D eigenvalue weighted by Gasteiger charge is 2.05. The molecule has 0 aromatic rings. The molecule has 0 radical (unpaired) electrons. The summed E-state index contributed by atoms with van der Waals surface area (Å²) in [7, 11) is 0. The van der Waals surface area contributed by atoms with Gasteiger partial charge in [0.15, 0.2) is 0 Å². The fourth-order valence-corrected chi connectivity index (χ4v) is 1.16. The normalized spacial score (nSPS) is 17.0. The maximum Gasteiger partial charge on any atom is 0.149 e. The van der Waals surface area contributed by atoms with Crippen molar-refractivity contribution in [2.24, 2.45) is 5.92 Å². The molecule has 1 nitrogen and oxygen atoms in total. The van der Waals surface area contributed by atoms with E-state index >= 15 is 0 Å². The molecule has 0 saturated carbocycles. The maximum absolute atomic E-state index is 10.3. The van der Waals surface area contributed by atoms with E-state index < -0.39 is 0 Å². The lowest BCUT2D eigenvalue weighted by Crippen LogP contribution is -1.98.